The highest BCUT2D eigenvalue weighted by Crippen LogP contribution is 2.16. The second kappa shape index (κ2) is 6.07. The Hall–Kier alpha value is -0.250. The van der Waals surface area contributed by atoms with Gasteiger partial charge in [-0.05, 0) is 13.0 Å². The Balaban J connectivity index is 2.47. The van der Waals surface area contributed by atoms with Crippen LogP contribution in [0.25, 0.3) is 0 Å². The normalized spacial score (nSPS) is 25.6. The van der Waals surface area contributed by atoms with Crippen molar-refractivity contribution >= 4 is 10.2 Å². The molecule has 1 heterocycles. The molecule has 7 nitrogen and oxygen atoms in total. The van der Waals surface area contributed by atoms with Crippen LogP contribution < -0.4 is 10.0 Å². The van der Waals surface area contributed by atoms with E-state index in [4.69, 9.17) is 4.74 Å². The van der Waals surface area contributed by atoms with Crippen LogP contribution in [0, 0.1) is 0 Å². The highest BCUT2D eigenvalue weighted by molar-refractivity contribution is 7.87. The molecule has 102 valence electrons. The average Bonchev–Trinajstić information content (AvgIpc) is 2.65. The van der Waals surface area contributed by atoms with Gasteiger partial charge in [-0.15, -0.1) is 0 Å². The molecular weight excluding hydrogens is 246 g/mol. The first-order valence-corrected chi connectivity index (χ1v) is 6.97. The Morgan fingerprint density at radius 2 is 2.29 bits per heavy atom. The van der Waals surface area contributed by atoms with Crippen molar-refractivity contribution < 1.29 is 18.3 Å². The summed E-state index contributed by atoms with van der Waals surface area (Å²) in [7, 11) is -0.588. The molecule has 1 atom stereocenters. The van der Waals surface area contributed by atoms with Crippen molar-refractivity contribution in [3.05, 3.63) is 0 Å². The molecule has 0 spiro atoms. The molecule has 0 radical (unpaired) electrons. The summed E-state index contributed by atoms with van der Waals surface area (Å²) in [6.07, 6.45) is 0.560. The summed E-state index contributed by atoms with van der Waals surface area (Å²) < 4.78 is 31.8. The van der Waals surface area contributed by atoms with E-state index >= 15 is 0 Å². The zero-order valence-corrected chi connectivity index (χ0v) is 11.1. The maximum atomic E-state index is 11.8. The largest absolute Gasteiger partial charge is 0.387 e. The lowest BCUT2D eigenvalue weighted by atomic mass is 10.0. The number of hydrogen-bond donors (Lipinski definition) is 3. The van der Waals surface area contributed by atoms with Gasteiger partial charge in [0.25, 0.3) is 10.2 Å². The number of nitrogens with zero attached hydrogens (tertiary/aromatic N) is 1. The van der Waals surface area contributed by atoms with Gasteiger partial charge in [-0.1, -0.05) is 0 Å². The third-order valence-electron chi connectivity index (χ3n) is 2.74. The molecule has 3 N–H and O–H groups in total. The highest BCUT2D eigenvalue weighted by atomic mass is 32.2. The Bertz CT molecular complexity index is 327. The predicted molar refractivity (Wildman–Crippen MR) is 63.9 cm³/mol. The van der Waals surface area contributed by atoms with Gasteiger partial charge in [0.05, 0.1) is 12.2 Å². The van der Waals surface area contributed by atoms with Gasteiger partial charge in [-0.3, -0.25) is 0 Å². The summed E-state index contributed by atoms with van der Waals surface area (Å²) in [5, 5.41) is 13.1. The quantitative estimate of drug-likeness (QED) is 0.470. The van der Waals surface area contributed by atoms with Crippen LogP contribution in [0.2, 0.25) is 0 Å². The molecule has 0 aliphatic carbocycles. The van der Waals surface area contributed by atoms with Crippen LogP contribution in [-0.2, 0) is 14.9 Å². The lowest BCUT2D eigenvalue weighted by Gasteiger charge is -2.27. The van der Waals surface area contributed by atoms with E-state index in [0.717, 1.165) is 4.31 Å². The van der Waals surface area contributed by atoms with Gasteiger partial charge in [-0.25, -0.2) is 0 Å². The summed E-state index contributed by atoms with van der Waals surface area (Å²) >= 11 is 0. The number of methoxy groups -OCH3 is 1. The van der Waals surface area contributed by atoms with Crippen molar-refractivity contribution in [3.63, 3.8) is 0 Å². The summed E-state index contributed by atoms with van der Waals surface area (Å²) in [4.78, 5) is 0. The van der Waals surface area contributed by atoms with Crippen LogP contribution in [-0.4, -0.2) is 70.4 Å². The lowest BCUT2D eigenvalue weighted by molar-refractivity contribution is 0.0459. The molecule has 0 aromatic carbocycles. The van der Waals surface area contributed by atoms with Crippen LogP contribution >= 0.6 is 0 Å². The average molecular weight is 267 g/mol. The van der Waals surface area contributed by atoms with Crippen molar-refractivity contribution in [1.82, 2.24) is 14.3 Å². The van der Waals surface area contributed by atoms with Gasteiger partial charge >= 0.3 is 0 Å². The van der Waals surface area contributed by atoms with Gasteiger partial charge < -0.3 is 15.2 Å². The van der Waals surface area contributed by atoms with E-state index in [9.17, 15) is 13.5 Å². The van der Waals surface area contributed by atoms with E-state index in [-0.39, 0.29) is 13.1 Å². The Kier molecular flexibility index (Phi) is 5.29. The maximum Gasteiger partial charge on any atom is 0.279 e. The van der Waals surface area contributed by atoms with Crippen LogP contribution in [0.15, 0.2) is 0 Å². The Labute approximate surface area is 102 Å². The minimum atomic E-state index is -3.54. The summed E-state index contributed by atoms with van der Waals surface area (Å²) in [6, 6.07) is 0. The van der Waals surface area contributed by atoms with Crippen molar-refractivity contribution in [2.24, 2.45) is 0 Å². The molecule has 1 fully saturated rings. The second-order valence-electron chi connectivity index (χ2n) is 4.30. The van der Waals surface area contributed by atoms with Gasteiger partial charge in [0.2, 0.25) is 0 Å². The van der Waals surface area contributed by atoms with Gasteiger partial charge in [-0.2, -0.15) is 17.4 Å². The smallest absolute Gasteiger partial charge is 0.279 e. The standard InChI is InChI=1S/C9H21N3O4S/c1-12(8-9(13)3-4-10-7-9)17(14,15)11-5-6-16-2/h10-11,13H,3-8H2,1-2H3. The SMILES string of the molecule is COCCNS(=O)(=O)N(C)CC1(O)CCNC1. The first kappa shape index (κ1) is 14.8. The molecule has 1 saturated heterocycles. The molecule has 1 aliphatic rings. The highest BCUT2D eigenvalue weighted by Gasteiger charge is 2.35. The maximum absolute atomic E-state index is 11.8. The first-order chi connectivity index (χ1) is 7.90. The molecule has 1 aliphatic heterocycles. The molecule has 8 heteroatoms. The van der Waals surface area contributed by atoms with Crippen molar-refractivity contribution in [1.29, 1.82) is 0 Å². The molecule has 0 amide bonds. The minimum Gasteiger partial charge on any atom is -0.387 e. The lowest BCUT2D eigenvalue weighted by Crippen LogP contribution is -2.49. The Morgan fingerprint density at radius 1 is 1.59 bits per heavy atom. The zero-order chi connectivity index (χ0) is 12.9. The number of nitrogens with one attached hydrogen (secondary N) is 2. The van der Waals surface area contributed by atoms with Crippen LogP contribution in [0.3, 0.4) is 0 Å². The number of aliphatic hydroxyl groups is 1. The number of likely N-dealkylation sites (N-methyl/N-ethyl adjacent to an activating group) is 1. The summed E-state index contributed by atoms with van der Waals surface area (Å²) in [5.74, 6) is 0. The van der Waals surface area contributed by atoms with Crippen molar-refractivity contribution in [2.45, 2.75) is 12.0 Å². The summed E-state index contributed by atoms with van der Waals surface area (Å²) in [6.45, 7) is 1.76. The fraction of sp³-hybridized carbons (Fsp3) is 1.00. The fourth-order valence-corrected chi connectivity index (χ4v) is 2.72. The molecule has 0 bridgehead atoms. The Morgan fingerprint density at radius 3 is 2.82 bits per heavy atom. The van der Waals surface area contributed by atoms with E-state index < -0.39 is 15.8 Å². The van der Waals surface area contributed by atoms with Crippen molar-refractivity contribution in [3.8, 4) is 0 Å². The molecule has 17 heavy (non-hydrogen) atoms. The van der Waals surface area contributed by atoms with E-state index in [1.54, 1.807) is 0 Å². The third-order valence-corrected chi connectivity index (χ3v) is 4.26. The minimum absolute atomic E-state index is 0.0856. The van der Waals surface area contributed by atoms with Gasteiger partial charge in [0.15, 0.2) is 0 Å². The molecule has 1 unspecified atom stereocenters. The third kappa shape index (κ3) is 4.49. The molecule has 1 rings (SSSR count). The van der Waals surface area contributed by atoms with Crippen LogP contribution in [0.5, 0.6) is 0 Å². The topological polar surface area (TPSA) is 90.9 Å². The molecule has 0 aromatic rings. The fourth-order valence-electron chi connectivity index (χ4n) is 1.75. The zero-order valence-electron chi connectivity index (χ0n) is 10.3. The summed E-state index contributed by atoms with van der Waals surface area (Å²) in [5.41, 5.74) is -0.968. The molecule has 0 aromatic heterocycles. The monoisotopic (exact) mass is 267 g/mol. The van der Waals surface area contributed by atoms with Crippen LogP contribution in [0.1, 0.15) is 6.42 Å². The number of rotatable bonds is 7. The van der Waals surface area contributed by atoms with E-state index in [2.05, 4.69) is 10.0 Å². The molecule has 0 saturated carbocycles. The number of hydrogen-bond acceptors (Lipinski definition) is 5. The number of ether oxygens (including phenoxy) is 1. The van der Waals surface area contributed by atoms with Crippen molar-refractivity contribution in [2.75, 3.05) is 46.9 Å². The van der Waals surface area contributed by atoms with Gasteiger partial charge in [0, 0.05) is 33.8 Å². The molecular formula is C9H21N3O4S. The van der Waals surface area contributed by atoms with E-state index in [1.165, 1.54) is 14.2 Å². The first-order valence-electron chi connectivity index (χ1n) is 5.53. The second-order valence-corrected chi connectivity index (χ2v) is 6.16. The van der Waals surface area contributed by atoms with Crippen LogP contribution in [0.4, 0.5) is 0 Å². The number of β-amino-alcohol motifs (C(OH)–C–C–N with tert-alkyl or cyclic N) is 1. The van der Waals surface area contributed by atoms with E-state index in [0.29, 0.717) is 26.1 Å². The van der Waals surface area contributed by atoms with E-state index in [1.807, 2.05) is 0 Å². The van der Waals surface area contributed by atoms with Gasteiger partial charge in [0.1, 0.15) is 0 Å². The predicted octanol–water partition coefficient (Wildman–Crippen LogP) is -1.88.